The van der Waals surface area contributed by atoms with Gasteiger partial charge in [0.1, 0.15) is 12.2 Å². The molecule has 118 valence electrons. The minimum absolute atomic E-state index is 0.444. The van der Waals surface area contributed by atoms with Crippen LogP contribution < -0.4 is 0 Å². The Kier molecular flexibility index (Phi) is 5.12. The molecule has 0 amide bonds. The summed E-state index contributed by atoms with van der Waals surface area (Å²) >= 11 is 1.75. The average molecular weight is 318 g/mol. The Labute approximate surface area is 135 Å². The normalized spacial score (nSPS) is 18.9. The van der Waals surface area contributed by atoms with E-state index in [1.54, 1.807) is 25.2 Å². The highest BCUT2D eigenvalue weighted by atomic mass is 32.2. The zero-order chi connectivity index (χ0) is 15.4. The van der Waals surface area contributed by atoms with Crippen LogP contribution in [0.4, 0.5) is 0 Å². The third-order valence-electron chi connectivity index (χ3n) is 4.14. The van der Waals surface area contributed by atoms with E-state index in [1.165, 1.54) is 4.90 Å². The van der Waals surface area contributed by atoms with E-state index in [2.05, 4.69) is 45.5 Å². The first kappa shape index (κ1) is 15.5. The lowest BCUT2D eigenvalue weighted by molar-refractivity contribution is 0.160. The lowest BCUT2D eigenvalue weighted by Gasteiger charge is -2.15. The van der Waals surface area contributed by atoms with Crippen molar-refractivity contribution in [2.45, 2.75) is 17.2 Å². The maximum absolute atomic E-state index is 5.17. The van der Waals surface area contributed by atoms with Crippen LogP contribution in [0.2, 0.25) is 0 Å². The quantitative estimate of drug-likeness (QED) is 0.765. The van der Waals surface area contributed by atoms with Gasteiger partial charge >= 0.3 is 0 Å². The van der Waals surface area contributed by atoms with E-state index >= 15 is 0 Å². The summed E-state index contributed by atoms with van der Waals surface area (Å²) in [4.78, 5) is 8.22. The first-order valence-corrected chi connectivity index (χ1v) is 8.80. The van der Waals surface area contributed by atoms with E-state index in [0.29, 0.717) is 5.92 Å². The molecule has 0 bridgehead atoms. The maximum Gasteiger partial charge on any atom is 0.138 e. The topological polar surface area (TPSA) is 43.2 Å². The molecule has 22 heavy (non-hydrogen) atoms. The van der Waals surface area contributed by atoms with Crippen molar-refractivity contribution in [1.29, 1.82) is 0 Å². The van der Waals surface area contributed by atoms with Crippen molar-refractivity contribution in [3.63, 3.8) is 0 Å². The van der Waals surface area contributed by atoms with Crippen molar-refractivity contribution in [2.75, 3.05) is 39.6 Å². The smallest absolute Gasteiger partial charge is 0.138 e. The molecule has 1 atom stereocenters. The predicted molar refractivity (Wildman–Crippen MR) is 88.8 cm³/mol. The van der Waals surface area contributed by atoms with Crippen LogP contribution in [-0.4, -0.2) is 59.3 Å². The van der Waals surface area contributed by atoms with Gasteiger partial charge in [-0.25, -0.2) is 9.67 Å². The maximum atomic E-state index is 5.17. The lowest BCUT2D eigenvalue weighted by Crippen LogP contribution is -2.25. The number of likely N-dealkylation sites (tertiary alicyclic amines) is 1. The number of aromatic nitrogens is 3. The molecule has 0 saturated carbocycles. The molecule has 0 unspecified atom stereocenters. The highest BCUT2D eigenvalue weighted by Crippen LogP contribution is 2.27. The van der Waals surface area contributed by atoms with Crippen molar-refractivity contribution in [3.8, 4) is 5.69 Å². The van der Waals surface area contributed by atoms with Crippen LogP contribution in [0, 0.1) is 0 Å². The number of hydrogen-bond acceptors (Lipinski definition) is 5. The molecule has 5 nitrogen and oxygen atoms in total. The van der Waals surface area contributed by atoms with E-state index in [1.807, 2.05) is 4.68 Å². The van der Waals surface area contributed by atoms with Gasteiger partial charge in [-0.3, -0.25) is 0 Å². The summed E-state index contributed by atoms with van der Waals surface area (Å²) in [5.41, 5.74) is 1.08. The van der Waals surface area contributed by atoms with Gasteiger partial charge < -0.3 is 9.64 Å². The number of thioether (sulfide) groups is 1. The molecule has 0 aliphatic carbocycles. The van der Waals surface area contributed by atoms with Crippen molar-refractivity contribution < 1.29 is 4.74 Å². The molecule has 0 radical (unpaired) electrons. The van der Waals surface area contributed by atoms with Crippen LogP contribution in [0.25, 0.3) is 5.69 Å². The summed E-state index contributed by atoms with van der Waals surface area (Å²) in [6.45, 7) is 3.91. The van der Waals surface area contributed by atoms with E-state index in [4.69, 9.17) is 4.74 Å². The highest BCUT2D eigenvalue weighted by Gasteiger charge is 2.27. The monoisotopic (exact) mass is 318 g/mol. The zero-order valence-corrected chi connectivity index (χ0v) is 13.9. The summed E-state index contributed by atoms with van der Waals surface area (Å²) in [5.74, 6) is 1.51. The summed E-state index contributed by atoms with van der Waals surface area (Å²) in [5, 5.41) is 4.43. The van der Waals surface area contributed by atoms with Gasteiger partial charge in [0, 0.05) is 31.0 Å². The molecule has 1 aliphatic rings. The lowest BCUT2D eigenvalue weighted by atomic mass is 10.1. The standard InChI is InChI=1S/C16H22N4OS/c1-21-10-9-19-8-7-13(11-19)16-17-12-18-20(16)14-3-5-15(22-2)6-4-14/h3-6,12-13H,7-11H2,1-2H3/t13-/m1/s1. The van der Waals surface area contributed by atoms with Gasteiger partial charge in [0.2, 0.25) is 0 Å². The minimum atomic E-state index is 0.444. The molecule has 1 aliphatic heterocycles. The summed E-state index contributed by atoms with van der Waals surface area (Å²) < 4.78 is 7.15. The Morgan fingerprint density at radius 1 is 1.32 bits per heavy atom. The van der Waals surface area contributed by atoms with E-state index in [0.717, 1.165) is 44.2 Å². The first-order valence-electron chi connectivity index (χ1n) is 7.57. The molecular formula is C16H22N4OS. The van der Waals surface area contributed by atoms with Crippen LogP contribution in [-0.2, 0) is 4.74 Å². The molecule has 1 fully saturated rings. The second-order valence-electron chi connectivity index (χ2n) is 5.51. The van der Waals surface area contributed by atoms with E-state index in [9.17, 15) is 0 Å². The molecule has 1 aromatic carbocycles. The zero-order valence-electron chi connectivity index (χ0n) is 13.1. The Bertz CT molecular complexity index is 598. The van der Waals surface area contributed by atoms with Gasteiger partial charge in [-0.15, -0.1) is 11.8 Å². The molecule has 0 spiro atoms. The Balaban J connectivity index is 1.74. The number of ether oxygens (including phenoxy) is 1. The average Bonchev–Trinajstić information content (AvgIpc) is 3.21. The Morgan fingerprint density at radius 2 is 2.14 bits per heavy atom. The van der Waals surface area contributed by atoms with Crippen molar-refractivity contribution in [3.05, 3.63) is 36.4 Å². The molecule has 6 heteroatoms. The number of nitrogens with zero attached hydrogens (tertiary/aromatic N) is 4. The fourth-order valence-electron chi connectivity index (χ4n) is 2.92. The number of methoxy groups -OCH3 is 1. The molecule has 2 heterocycles. The second-order valence-corrected chi connectivity index (χ2v) is 6.39. The Morgan fingerprint density at radius 3 is 2.86 bits per heavy atom. The fraction of sp³-hybridized carbons (Fsp3) is 0.500. The largest absolute Gasteiger partial charge is 0.383 e. The molecule has 1 aromatic heterocycles. The van der Waals surface area contributed by atoms with Gasteiger partial charge in [0.25, 0.3) is 0 Å². The van der Waals surface area contributed by atoms with Gasteiger partial charge in [0.15, 0.2) is 0 Å². The van der Waals surface area contributed by atoms with E-state index < -0.39 is 0 Å². The van der Waals surface area contributed by atoms with E-state index in [-0.39, 0.29) is 0 Å². The molecule has 3 rings (SSSR count). The fourth-order valence-corrected chi connectivity index (χ4v) is 3.33. The molecule has 0 N–H and O–H groups in total. The number of hydrogen-bond donors (Lipinski definition) is 0. The van der Waals surface area contributed by atoms with Gasteiger partial charge in [0.05, 0.1) is 12.3 Å². The highest BCUT2D eigenvalue weighted by molar-refractivity contribution is 7.98. The van der Waals surface area contributed by atoms with Crippen LogP contribution in [0.1, 0.15) is 18.2 Å². The van der Waals surface area contributed by atoms with Crippen molar-refractivity contribution >= 4 is 11.8 Å². The van der Waals surface area contributed by atoms with Crippen molar-refractivity contribution in [1.82, 2.24) is 19.7 Å². The second kappa shape index (κ2) is 7.26. The number of rotatable bonds is 6. The predicted octanol–water partition coefficient (Wildman–Crippen LogP) is 2.42. The Hall–Kier alpha value is -1.37. The third-order valence-corrected chi connectivity index (χ3v) is 4.88. The van der Waals surface area contributed by atoms with Crippen LogP contribution in [0.3, 0.4) is 0 Å². The molecular weight excluding hydrogens is 296 g/mol. The molecule has 2 aromatic rings. The first-order chi connectivity index (χ1) is 10.8. The number of benzene rings is 1. The SMILES string of the molecule is COCCN1CC[C@@H](c2ncnn2-c2ccc(SC)cc2)C1. The van der Waals surface area contributed by atoms with Crippen molar-refractivity contribution in [2.24, 2.45) is 0 Å². The summed E-state index contributed by atoms with van der Waals surface area (Å²) in [6.07, 6.45) is 4.88. The third kappa shape index (κ3) is 3.34. The van der Waals surface area contributed by atoms with Gasteiger partial charge in [-0.1, -0.05) is 0 Å². The van der Waals surface area contributed by atoms with Gasteiger partial charge in [-0.2, -0.15) is 5.10 Å². The van der Waals surface area contributed by atoms with Crippen LogP contribution >= 0.6 is 11.8 Å². The minimum Gasteiger partial charge on any atom is -0.383 e. The van der Waals surface area contributed by atoms with Crippen LogP contribution in [0.5, 0.6) is 0 Å². The molecule has 1 saturated heterocycles. The van der Waals surface area contributed by atoms with Gasteiger partial charge in [-0.05, 0) is 43.5 Å². The summed E-state index contributed by atoms with van der Waals surface area (Å²) in [6, 6.07) is 8.49. The van der Waals surface area contributed by atoms with Crippen LogP contribution in [0.15, 0.2) is 35.5 Å². The summed E-state index contributed by atoms with van der Waals surface area (Å²) in [7, 11) is 1.75.